The first kappa shape index (κ1) is 15.8. The van der Waals surface area contributed by atoms with Crippen molar-refractivity contribution in [3.8, 4) is 6.01 Å². The van der Waals surface area contributed by atoms with E-state index in [0.29, 0.717) is 5.95 Å². The van der Waals surface area contributed by atoms with Gasteiger partial charge in [0, 0.05) is 6.54 Å². The third-order valence-corrected chi connectivity index (χ3v) is 3.65. The fourth-order valence-electron chi connectivity index (χ4n) is 2.45. The van der Waals surface area contributed by atoms with E-state index in [2.05, 4.69) is 32.2 Å². The summed E-state index contributed by atoms with van der Waals surface area (Å²) in [5.74, 6) is 1.45. The molecule has 1 saturated heterocycles. The molecule has 1 aliphatic rings. The molecule has 0 unspecified atom stereocenters. The summed E-state index contributed by atoms with van der Waals surface area (Å²) in [7, 11) is 2.18. The number of hydrogen-bond donors (Lipinski definition) is 2. The first-order chi connectivity index (χ1) is 10.0. The molecule has 0 amide bonds. The Labute approximate surface area is 126 Å². The number of nitrogens with one attached hydrogen (secondary N) is 1. The molecule has 0 spiro atoms. The van der Waals surface area contributed by atoms with Crippen LogP contribution < -0.4 is 15.8 Å². The normalized spacial score (nSPS) is 17.1. The van der Waals surface area contributed by atoms with Gasteiger partial charge in [-0.1, -0.05) is 0 Å². The molecule has 2 rings (SSSR count). The molecule has 21 heavy (non-hydrogen) atoms. The van der Waals surface area contributed by atoms with E-state index in [-0.39, 0.29) is 18.1 Å². The van der Waals surface area contributed by atoms with Crippen LogP contribution >= 0.6 is 0 Å². The molecular formula is C14H26N6O. The lowest BCUT2D eigenvalue weighted by Gasteiger charge is -2.28. The largest absolute Gasteiger partial charge is 0.461 e. The second-order valence-electron chi connectivity index (χ2n) is 5.93. The lowest BCUT2D eigenvalue weighted by Crippen LogP contribution is -2.31. The van der Waals surface area contributed by atoms with Crippen LogP contribution in [0.5, 0.6) is 6.01 Å². The molecule has 118 valence electrons. The predicted octanol–water partition coefficient (Wildman–Crippen LogP) is 1.38. The Morgan fingerprint density at radius 1 is 1.29 bits per heavy atom. The second kappa shape index (κ2) is 7.40. The van der Waals surface area contributed by atoms with E-state index >= 15 is 0 Å². The monoisotopic (exact) mass is 294 g/mol. The Bertz CT molecular complexity index is 445. The van der Waals surface area contributed by atoms with Gasteiger partial charge < -0.3 is 20.7 Å². The van der Waals surface area contributed by atoms with Crippen molar-refractivity contribution in [3.05, 3.63) is 0 Å². The number of hydrogen-bond acceptors (Lipinski definition) is 7. The van der Waals surface area contributed by atoms with Crippen molar-refractivity contribution in [1.29, 1.82) is 0 Å². The zero-order valence-electron chi connectivity index (χ0n) is 13.2. The minimum Gasteiger partial charge on any atom is -0.461 e. The smallest absolute Gasteiger partial charge is 0.323 e. The van der Waals surface area contributed by atoms with Crippen molar-refractivity contribution in [1.82, 2.24) is 19.9 Å². The number of aromatic nitrogens is 3. The number of nitrogens with zero attached hydrogens (tertiary/aromatic N) is 4. The van der Waals surface area contributed by atoms with Crippen LogP contribution in [0.15, 0.2) is 0 Å². The van der Waals surface area contributed by atoms with Gasteiger partial charge in [-0.05, 0) is 59.2 Å². The lowest BCUT2D eigenvalue weighted by molar-refractivity contribution is 0.214. The third kappa shape index (κ3) is 5.34. The fourth-order valence-corrected chi connectivity index (χ4v) is 2.45. The topological polar surface area (TPSA) is 89.2 Å². The molecule has 1 aromatic rings. The number of likely N-dealkylation sites (tertiary alicyclic amines) is 1. The van der Waals surface area contributed by atoms with Crippen molar-refractivity contribution < 1.29 is 4.74 Å². The molecule has 7 heteroatoms. The minimum atomic E-state index is 0.0129. The van der Waals surface area contributed by atoms with E-state index < -0.39 is 0 Å². The number of piperidine rings is 1. The van der Waals surface area contributed by atoms with Crippen LogP contribution in [0, 0.1) is 5.92 Å². The summed E-state index contributed by atoms with van der Waals surface area (Å²) in [5.41, 5.74) is 5.68. The minimum absolute atomic E-state index is 0.0129. The molecule has 1 aromatic heterocycles. The fraction of sp³-hybridized carbons (Fsp3) is 0.786. The number of ether oxygens (including phenoxy) is 1. The quantitative estimate of drug-likeness (QED) is 0.819. The molecule has 7 nitrogen and oxygen atoms in total. The average molecular weight is 294 g/mol. The Hall–Kier alpha value is -1.63. The molecule has 2 heterocycles. The highest BCUT2D eigenvalue weighted by Gasteiger charge is 2.16. The number of nitrogen functional groups attached to an aromatic ring is 1. The highest BCUT2D eigenvalue weighted by Crippen LogP contribution is 2.19. The maximum absolute atomic E-state index is 5.68. The van der Waals surface area contributed by atoms with Gasteiger partial charge in [0.1, 0.15) is 0 Å². The Kier molecular flexibility index (Phi) is 5.55. The van der Waals surface area contributed by atoms with Gasteiger partial charge in [0.2, 0.25) is 11.9 Å². The predicted molar refractivity (Wildman–Crippen MR) is 83.3 cm³/mol. The zero-order chi connectivity index (χ0) is 15.2. The van der Waals surface area contributed by atoms with Crippen molar-refractivity contribution in [3.63, 3.8) is 0 Å². The molecule has 0 radical (unpaired) electrons. The van der Waals surface area contributed by atoms with Crippen LogP contribution in [0.3, 0.4) is 0 Å². The molecule has 0 aliphatic carbocycles. The molecule has 1 fully saturated rings. The van der Waals surface area contributed by atoms with Crippen LogP contribution in [0.2, 0.25) is 0 Å². The molecule has 3 N–H and O–H groups in total. The zero-order valence-corrected chi connectivity index (χ0v) is 13.2. The standard InChI is InChI=1S/C14H26N6O/c1-10(2)21-14-18-12(15)17-13(19-14)16-7-4-11-5-8-20(3)9-6-11/h10-11H,4-9H2,1-3H3,(H3,15,16,17,18,19). The lowest BCUT2D eigenvalue weighted by atomic mass is 9.94. The third-order valence-electron chi connectivity index (χ3n) is 3.65. The summed E-state index contributed by atoms with van der Waals surface area (Å²) in [4.78, 5) is 14.7. The highest BCUT2D eigenvalue weighted by atomic mass is 16.5. The molecular weight excluding hydrogens is 268 g/mol. The van der Waals surface area contributed by atoms with Crippen LogP contribution in [-0.2, 0) is 0 Å². The van der Waals surface area contributed by atoms with E-state index in [0.717, 1.165) is 18.9 Å². The van der Waals surface area contributed by atoms with E-state index in [1.807, 2.05) is 13.8 Å². The summed E-state index contributed by atoms with van der Waals surface area (Å²) in [5, 5.41) is 3.22. The number of rotatable bonds is 6. The van der Waals surface area contributed by atoms with Crippen LogP contribution in [0.1, 0.15) is 33.1 Å². The second-order valence-corrected chi connectivity index (χ2v) is 5.93. The summed E-state index contributed by atoms with van der Waals surface area (Å²) in [6, 6.07) is 0.277. The van der Waals surface area contributed by atoms with E-state index in [4.69, 9.17) is 10.5 Å². The number of anilines is 2. The van der Waals surface area contributed by atoms with Gasteiger partial charge in [0.15, 0.2) is 0 Å². The molecule has 1 aliphatic heterocycles. The summed E-state index contributed by atoms with van der Waals surface area (Å²) < 4.78 is 5.46. The van der Waals surface area contributed by atoms with Gasteiger partial charge in [0.05, 0.1) is 6.10 Å². The van der Waals surface area contributed by atoms with Crippen LogP contribution in [0.25, 0.3) is 0 Å². The molecule has 0 atom stereocenters. The first-order valence-electron chi connectivity index (χ1n) is 7.63. The maximum atomic E-state index is 5.68. The van der Waals surface area contributed by atoms with E-state index in [1.54, 1.807) is 0 Å². The van der Waals surface area contributed by atoms with Gasteiger partial charge in [-0.2, -0.15) is 15.0 Å². The van der Waals surface area contributed by atoms with Gasteiger partial charge in [-0.25, -0.2) is 0 Å². The Balaban J connectivity index is 1.81. The van der Waals surface area contributed by atoms with Gasteiger partial charge >= 0.3 is 6.01 Å². The van der Waals surface area contributed by atoms with Crippen molar-refractivity contribution >= 4 is 11.9 Å². The molecule has 0 aromatic carbocycles. The molecule has 0 bridgehead atoms. The average Bonchev–Trinajstić information content (AvgIpc) is 2.39. The van der Waals surface area contributed by atoms with Crippen LogP contribution in [0.4, 0.5) is 11.9 Å². The van der Waals surface area contributed by atoms with Crippen molar-refractivity contribution in [2.45, 2.75) is 39.2 Å². The summed E-state index contributed by atoms with van der Waals surface area (Å²) in [6.45, 7) is 7.07. The van der Waals surface area contributed by atoms with Gasteiger partial charge in [0.25, 0.3) is 0 Å². The van der Waals surface area contributed by atoms with E-state index in [9.17, 15) is 0 Å². The SMILES string of the molecule is CC(C)Oc1nc(N)nc(NCCC2CCN(C)CC2)n1. The molecule has 0 saturated carbocycles. The van der Waals surface area contributed by atoms with Gasteiger partial charge in [-0.15, -0.1) is 0 Å². The highest BCUT2D eigenvalue weighted by molar-refractivity contribution is 5.32. The van der Waals surface area contributed by atoms with Crippen LogP contribution in [-0.4, -0.2) is 52.6 Å². The Morgan fingerprint density at radius 3 is 2.67 bits per heavy atom. The van der Waals surface area contributed by atoms with E-state index in [1.165, 1.54) is 25.9 Å². The Morgan fingerprint density at radius 2 is 2.00 bits per heavy atom. The van der Waals surface area contributed by atoms with Gasteiger partial charge in [-0.3, -0.25) is 0 Å². The number of nitrogens with two attached hydrogens (primary N) is 1. The van der Waals surface area contributed by atoms with Crippen molar-refractivity contribution in [2.24, 2.45) is 5.92 Å². The summed E-state index contributed by atoms with van der Waals surface area (Å²) >= 11 is 0. The van der Waals surface area contributed by atoms with Crippen molar-refractivity contribution in [2.75, 3.05) is 37.7 Å². The summed E-state index contributed by atoms with van der Waals surface area (Å²) in [6.07, 6.45) is 3.66. The maximum Gasteiger partial charge on any atom is 0.323 e. The first-order valence-corrected chi connectivity index (χ1v) is 7.63.